The SMILES string of the molecule is Cc1ccc(C)c(CC(F)(CN)c2ccccc2)c1. The van der Waals surface area contributed by atoms with Gasteiger partial charge in [0, 0.05) is 13.0 Å². The lowest BCUT2D eigenvalue weighted by Crippen LogP contribution is -2.33. The molecule has 19 heavy (non-hydrogen) atoms. The van der Waals surface area contributed by atoms with Gasteiger partial charge in [0.25, 0.3) is 0 Å². The first-order valence-electron chi connectivity index (χ1n) is 6.56. The molecule has 0 saturated heterocycles. The third-order valence-corrected chi connectivity index (χ3v) is 3.59. The summed E-state index contributed by atoms with van der Waals surface area (Å²) >= 11 is 0. The molecule has 0 heterocycles. The zero-order valence-corrected chi connectivity index (χ0v) is 11.5. The smallest absolute Gasteiger partial charge is 0.152 e. The Kier molecular flexibility index (Phi) is 4.01. The van der Waals surface area contributed by atoms with Gasteiger partial charge in [-0.05, 0) is 30.5 Å². The fourth-order valence-corrected chi connectivity index (χ4v) is 2.32. The third-order valence-electron chi connectivity index (χ3n) is 3.59. The van der Waals surface area contributed by atoms with Crippen molar-refractivity contribution in [2.75, 3.05) is 6.54 Å². The number of benzene rings is 2. The molecule has 0 aliphatic rings. The Labute approximate surface area is 114 Å². The predicted octanol–water partition coefficient (Wildman–Crippen LogP) is 3.67. The molecule has 0 radical (unpaired) electrons. The summed E-state index contributed by atoms with van der Waals surface area (Å²) in [7, 11) is 0. The van der Waals surface area contributed by atoms with Gasteiger partial charge < -0.3 is 5.73 Å². The van der Waals surface area contributed by atoms with E-state index < -0.39 is 5.67 Å². The van der Waals surface area contributed by atoms with E-state index in [0.717, 1.165) is 16.7 Å². The van der Waals surface area contributed by atoms with Crippen molar-refractivity contribution in [2.24, 2.45) is 5.73 Å². The summed E-state index contributed by atoms with van der Waals surface area (Å²) in [5.74, 6) is 0. The Balaban J connectivity index is 2.36. The first-order chi connectivity index (χ1) is 9.05. The van der Waals surface area contributed by atoms with Crippen molar-refractivity contribution in [1.29, 1.82) is 0 Å². The number of hydrogen-bond acceptors (Lipinski definition) is 1. The molecule has 2 aromatic rings. The molecule has 0 aromatic heterocycles. The van der Waals surface area contributed by atoms with Gasteiger partial charge in [-0.2, -0.15) is 0 Å². The molecule has 1 unspecified atom stereocenters. The highest BCUT2D eigenvalue weighted by atomic mass is 19.1. The predicted molar refractivity (Wildman–Crippen MR) is 77.9 cm³/mol. The minimum Gasteiger partial charge on any atom is -0.327 e. The molecule has 2 N–H and O–H groups in total. The van der Waals surface area contributed by atoms with Gasteiger partial charge in [-0.3, -0.25) is 0 Å². The van der Waals surface area contributed by atoms with Gasteiger partial charge in [-0.25, -0.2) is 4.39 Å². The minimum atomic E-state index is -1.50. The molecule has 0 spiro atoms. The van der Waals surface area contributed by atoms with E-state index in [1.807, 2.05) is 50.2 Å². The third kappa shape index (κ3) is 3.02. The van der Waals surface area contributed by atoms with Crippen molar-refractivity contribution in [3.8, 4) is 0 Å². The maximum Gasteiger partial charge on any atom is 0.152 e. The van der Waals surface area contributed by atoms with E-state index in [9.17, 15) is 0 Å². The number of halogens is 1. The van der Waals surface area contributed by atoms with Gasteiger partial charge in [0.2, 0.25) is 0 Å². The van der Waals surface area contributed by atoms with Crippen LogP contribution < -0.4 is 5.73 Å². The molecule has 0 aliphatic carbocycles. The maximum absolute atomic E-state index is 15.1. The van der Waals surface area contributed by atoms with E-state index >= 15 is 4.39 Å². The van der Waals surface area contributed by atoms with Crippen LogP contribution in [-0.2, 0) is 12.1 Å². The average molecular weight is 257 g/mol. The van der Waals surface area contributed by atoms with Crippen LogP contribution in [0, 0.1) is 13.8 Å². The van der Waals surface area contributed by atoms with E-state index in [0.29, 0.717) is 12.0 Å². The fourth-order valence-electron chi connectivity index (χ4n) is 2.32. The van der Waals surface area contributed by atoms with E-state index in [1.165, 1.54) is 0 Å². The van der Waals surface area contributed by atoms with Crippen molar-refractivity contribution in [1.82, 2.24) is 0 Å². The van der Waals surface area contributed by atoms with Crippen LogP contribution in [0.2, 0.25) is 0 Å². The second-order valence-corrected chi connectivity index (χ2v) is 5.14. The zero-order valence-electron chi connectivity index (χ0n) is 11.5. The Bertz CT molecular complexity index is 550. The standard InChI is InChI=1S/C17H20FN/c1-13-8-9-14(2)15(10-13)11-17(18,12-19)16-6-4-3-5-7-16/h3-10H,11-12,19H2,1-2H3. The second kappa shape index (κ2) is 5.54. The van der Waals surface area contributed by atoms with Crippen LogP contribution in [0.25, 0.3) is 0 Å². The summed E-state index contributed by atoms with van der Waals surface area (Å²) in [6.45, 7) is 4.02. The van der Waals surface area contributed by atoms with Crippen molar-refractivity contribution in [2.45, 2.75) is 25.9 Å². The largest absolute Gasteiger partial charge is 0.327 e. The first kappa shape index (κ1) is 13.8. The van der Waals surface area contributed by atoms with E-state index in [4.69, 9.17) is 5.73 Å². The highest BCUT2D eigenvalue weighted by molar-refractivity contribution is 5.34. The minimum absolute atomic E-state index is 0.00953. The summed E-state index contributed by atoms with van der Waals surface area (Å²) in [6, 6.07) is 15.3. The van der Waals surface area contributed by atoms with Gasteiger partial charge >= 0.3 is 0 Å². The van der Waals surface area contributed by atoms with Crippen molar-refractivity contribution >= 4 is 0 Å². The quantitative estimate of drug-likeness (QED) is 0.888. The average Bonchev–Trinajstić information content (AvgIpc) is 2.44. The van der Waals surface area contributed by atoms with Gasteiger partial charge in [-0.1, -0.05) is 54.1 Å². The van der Waals surface area contributed by atoms with Crippen LogP contribution in [0.3, 0.4) is 0 Å². The van der Waals surface area contributed by atoms with Crippen molar-refractivity contribution in [3.05, 3.63) is 70.8 Å². The summed E-state index contributed by atoms with van der Waals surface area (Å²) < 4.78 is 15.1. The molecular formula is C17H20FN. The summed E-state index contributed by atoms with van der Waals surface area (Å²) in [4.78, 5) is 0. The molecule has 0 amide bonds. The monoisotopic (exact) mass is 257 g/mol. The lowest BCUT2D eigenvalue weighted by Gasteiger charge is -2.25. The van der Waals surface area contributed by atoms with Crippen LogP contribution in [0.15, 0.2) is 48.5 Å². The molecule has 0 aliphatic heterocycles. The van der Waals surface area contributed by atoms with Crippen LogP contribution in [-0.4, -0.2) is 6.54 Å². The normalized spacial score (nSPS) is 14.1. The summed E-state index contributed by atoms with van der Waals surface area (Å²) in [5.41, 5.74) is 8.13. The highest BCUT2D eigenvalue weighted by Gasteiger charge is 2.31. The summed E-state index contributed by atoms with van der Waals surface area (Å²) in [5, 5.41) is 0. The molecule has 0 saturated carbocycles. The van der Waals surface area contributed by atoms with Gasteiger partial charge in [0.05, 0.1) is 0 Å². The number of aryl methyl sites for hydroxylation is 2. The molecule has 100 valence electrons. The van der Waals surface area contributed by atoms with Gasteiger partial charge in [0.15, 0.2) is 5.67 Å². The van der Waals surface area contributed by atoms with E-state index in [-0.39, 0.29) is 6.54 Å². The number of nitrogens with two attached hydrogens (primary N) is 1. The lowest BCUT2D eigenvalue weighted by atomic mass is 9.87. The molecule has 2 aromatic carbocycles. The van der Waals surface area contributed by atoms with Crippen molar-refractivity contribution in [3.63, 3.8) is 0 Å². The van der Waals surface area contributed by atoms with E-state index in [1.54, 1.807) is 12.1 Å². The maximum atomic E-state index is 15.1. The molecule has 2 rings (SSSR count). The van der Waals surface area contributed by atoms with Crippen molar-refractivity contribution < 1.29 is 4.39 Å². The Hall–Kier alpha value is -1.67. The molecular weight excluding hydrogens is 237 g/mol. The molecule has 0 fully saturated rings. The number of rotatable bonds is 4. The Morgan fingerprint density at radius 2 is 1.74 bits per heavy atom. The summed E-state index contributed by atoms with van der Waals surface area (Å²) in [6.07, 6.45) is 0.320. The van der Waals surface area contributed by atoms with Gasteiger partial charge in [0.1, 0.15) is 0 Å². The molecule has 2 heteroatoms. The molecule has 1 atom stereocenters. The van der Waals surface area contributed by atoms with Crippen LogP contribution in [0.5, 0.6) is 0 Å². The lowest BCUT2D eigenvalue weighted by molar-refractivity contribution is 0.175. The van der Waals surface area contributed by atoms with E-state index in [2.05, 4.69) is 0 Å². The Morgan fingerprint density at radius 3 is 2.37 bits per heavy atom. The van der Waals surface area contributed by atoms with Gasteiger partial charge in [-0.15, -0.1) is 0 Å². The second-order valence-electron chi connectivity index (χ2n) is 5.14. The number of alkyl halides is 1. The molecule has 1 nitrogen and oxygen atoms in total. The topological polar surface area (TPSA) is 26.0 Å². The zero-order chi connectivity index (χ0) is 13.9. The number of hydrogen-bond donors (Lipinski definition) is 1. The fraction of sp³-hybridized carbons (Fsp3) is 0.294. The first-order valence-corrected chi connectivity index (χ1v) is 6.56. The van der Waals surface area contributed by atoms with Crippen LogP contribution >= 0.6 is 0 Å². The Morgan fingerprint density at radius 1 is 1.05 bits per heavy atom. The molecule has 0 bridgehead atoms. The van der Waals surface area contributed by atoms with Crippen LogP contribution in [0.1, 0.15) is 22.3 Å². The van der Waals surface area contributed by atoms with Crippen LogP contribution in [0.4, 0.5) is 4.39 Å². The highest BCUT2D eigenvalue weighted by Crippen LogP contribution is 2.30.